The molecule has 0 aliphatic carbocycles. The van der Waals surface area contributed by atoms with Gasteiger partial charge in [-0.25, -0.2) is 8.42 Å². The van der Waals surface area contributed by atoms with Gasteiger partial charge in [-0.1, -0.05) is 17.7 Å². The SMILES string of the molecule is Cc1ccc(S(=O)(=O)N2C[C@@H](O)C[C@H]2C(=O)[O-])cc1. The fourth-order valence-corrected chi connectivity index (χ4v) is 3.74. The lowest BCUT2D eigenvalue weighted by atomic mass is 10.2. The quantitative estimate of drug-likeness (QED) is 0.757. The molecule has 7 heteroatoms. The molecule has 2 rings (SSSR count). The largest absolute Gasteiger partial charge is 0.548 e. The summed E-state index contributed by atoms with van der Waals surface area (Å²) in [4.78, 5) is 11.0. The van der Waals surface area contributed by atoms with Crippen molar-refractivity contribution in [2.24, 2.45) is 0 Å². The van der Waals surface area contributed by atoms with Crippen molar-refractivity contribution < 1.29 is 23.4 Å². The highest BCUT2D eigenvalue weighted by Crippen LogP contribution is 2.26. The molecule has 1 N–H and O–H groups in total. The van der Waals surface area contributed by atoms with Crippen LogP contribution in [0.15, 0.2) is 29.2 Å². The van der Waals surface area contributed by atoms with Crippen molar-refractivity contribution in [2.75, 3.05) is 6.54 Å². The number of benzene rings is 1. The highest BCUT2D eigenvalue weighted by atomic mass is 32.2. The summed E-state index contributed by atoms with van der Waals surface area (Å²) in [5, 5.41) is 20.4. The second kappa shape index (κ2) is 4.92. The molecule has 0 amide bonds. The minimum Gasteiger partial charge on any atom is -0.548 e. The molecule has 6 nitrogen and oxygen atoms in total. The number of carboxylic acids is 1. The molecule has 0 radical (unpaired) electrons. The highest BCUT2D eigenvalue weighted by molar-refractivity contribution is 7.89. The van der Waals surface area contributed by atoms with E-state index in [4.69, 9.17) is 0 Å². The Morgan fingerprint density at radius 3 is 2.47 bits per heavy atom. The van der Waals surface area contributed by atoms with E-state index in [1.165, 1.54) is 12.1 Å². The number of aliphatic carboxylic acids is 1. The first kappa shape index (κ1) is 14.0. The number of carbonyl (C=O) groups is 1. The van der Waals surface area contributed by atoms with Crippen LogP contribution in [0.1, 0.15) is 12.0 Å². The van der Waals surface area contributed by atoms with Gasteiger partial charge in [0, 0.05) is 6.54 Å². The summed E-state index contributed by atoms with van der Waals surface area (Å²) in [7, 11) is -3.93. The van der Waals surface area contributed by atoms with Crippen LogP contribution < -0.4 is 5.11 Å². The zero-order valence-electron chi connectivity index (χ0n) is 10.3. The molecule has 1 fully saturated rings. The summed E-state index contributed by atoms with van der Waals surface area (Å²) in [5.74, 6) is -1.49. The van der Waals surface area contributed by atoms with E-state index in [0.29, 0.717) is 0 Å². The average molecular weight is 284 g/mol. The molecule has 0 aromatic heterocycles. The van der Waals surface area contributed by atoms with Gasteiger partial charge in [0.25, 0.3) is 0 Å². The second-order valence-corrected chi connectivity index (χ2v) is 6.50. The van der Waals surface area contributed by atoms with E-state index in [1.807, 2.05) is 6.92 Å². The third-order valence-corrected chi connectivity index (χ3v) is 5.02. The van der Waals surface area contributed by atoms with E-state index in [1.54, 1.807) is 12.1 Å². The van der Waals surface area contributed by atoms with Crippen LogP contribution in [0.2, 0.25) is 0 Å². The summed E-state index contributed by atoms with van der Waals surface area (Å²) >= 11 is 0. The van der Waals surface area contributed by atoms with Crippen molar-refractivity contribution in [1.29, 1.82) is 0 Å². The maximum Gasteiger partial charge on any atom is 0.243 e. The molecular formula is C12H14NO5S-. The van der Waals surface area contributed by atoms with Crippen LogP contribution in [0, 0.1) is 6.92 Å². The van der Waals surface area contributed by atoms with E-state index in [9.17, 15) is 23.4 Å². The molecule has 1 aromatic carbocycles. The van der Waals surface area contributed by atoms with Gasteiger partial charge in [0.05, 0.1) is 23.0 Å². The van der Waals surface area contributed by atoms with Gasteiger partial charge in [0.15, 0.2) is 0 Å². The van der Waals surface area contributed by atoms with Crippen molar-refractivity contribution >= 4 is 16.0 Å². The first-order valence-electron chi connectivity index (χ1n) is 5.80. The van der Waals surface area contributed by atoms with E-state index in [0.717, 1.165) is 9.87 Å². The number of carboxylic acid groups (broad SMARTS) is 1. The number of aliphatic hydroxyl groups is 1. The minimum atomic E-state index is -3.93. The van der Waals surface area contributed by atoms with E-state index >= 15 is 0 Å². The number of carbonyl (C=O) groups excluding carboxylic acids is 1. The average Bonchev–Trinajstić information content (AvgIpc) is 2.73. The summed E-state index contributed by atoms with van der Waals surface area (Å²) in [5.41, 5.74) is 0.900. The van der Waals surface area contributed by atoms with Crippen molar-refractivity contribution in [3.05, 3.63) is 29.8 Å². The highest BCUT2D eigenvalue weighted by Gasteiger charge is 2.40. The van der Waals surface area contributed by atoms with E-state index in [2.05, 4.69) is 0 Å². The summed E-state index contributed by atoms with van der Waals surface area (Å²) in [6.45, 7) is 1.59. The lowest BCUT2D eigenvalue weighted by Crippen LogP contribution is -2.46. The number of hydrogen-bond donors (Lipinski definition) is 1. The third kappa shape index (κ3) is 2.63. The van der Waals surface area contributed by atoms with Gasteiger partial charge in [-0.3, -0.25) is 0 Å². The molecule has 1 saturated heterocycles. The predicted octanol–water partition coefficient (Wildman–Crippen LogP) is -1.13. The first-order chi connectivity index (χ1) is 8.82. The van der Waals surface area contributed by atoms with Gasteiger partial charge >= 0.3 is 0 Å². The Morgan fingerprint density at radius 1 is 1.37 bits per heavy atom. The molecular weight excluding hydrogens is 270 g/mol. The molecule has 1 heterocycles. The summed E-state index contributed by atoms with van der Waals surface area (Å²) < 4.78 is 25.4. The van der Waals surface area contributed by atoms with E-state index in [-0.39, 0.29) is 17.9 Å². The van der Waals surface area contributed by atoms with Gasteiger partial charge in [0.1, 0.15) is 0 Å². The summed E-state index contributed by atoms with van der Waals surface area (Å²) in [6, 6.07) is 4.78. The third-order valence-electron chi connectivity index (χ3n) is 3.13. The van der Waals surface area contributed by atoms with Gasteiger partial charge in [-0.15, -0.1) is 0 Å². The molecule has 1 aliphatic rings. The van der Waals surface area contributed by atoms with Crippen molar-refractivity contribution in [3.63, 3.8) is 0 Å². The maximum atomic E-state index is 12.3. The topological polar surface area (TPSA) is 97.7 Å². The summed E-state index contributed by atoms with van der Waals surface area (Å²) in [6.07, 6.45) is -1.13. The molecule has 0 spiro atoms. The number of β-amino-alcohol motifs (C(OH)–C–C–N with tert-alkyl or cyclic N) is 1. The standard InChI is InChI=1S/C12H15NO5S/c1-8-2-4-10(5-3-8)19(17,18)13-7-9(14)6-11(13)12(15)16/h2-5,9,11,14H,6-7H2,1H3,(H,15,16)/p-1/t9-,11-/m0/s1. The fourth-order valence-electron chi connectivity index (χ4n) is 2.11. The van der Waals surface area contributed by atoms with Crippen LogP contribution in [-0.4, -0.2) is 42.5 Å². The number of rotatable bonds is 3. The van der Waals surface area contributed by atoms with Crippen LogP contribution in [0.25, 0.3) is 0 Å². The lowest BCUT2D eigenvalue weighted by Gasteiger charge is -2.24. The zero-order chi connectivity index (χ0) is 14.2. The number of sulfonamides is 1. The van der Waals surface area contributed by atoms with Crippen LogP contribution in [-0.2, 0) is 14.8 Å². The second-order valence-electron chi connectivity index (χ2n) is 4.61. The van der Waals surface area contributed by atoms with Crippen LogP contribution >= 0.6 is 0 Å². The molecule has 1 aromatic rings. The van der Waals surface area contributed by atoms with Crippen LogP contribution in [0.5, 0.6) is 0 Å². The Kier molecular flexibility index (Phi) is 3.62. The van der Waals surface area contributed by atoms with Crippen molar-refractivity contribution in [3.8, 4) is 0 Å². The Balaban J connectivity index is 2.38. The van der Waals surface area contributed by atoms with Crippen molar-refractivity contribution in [1.82, 2.24) is 4.31 Å². The monoisotopic (exact) mass is 284 g/mol. The molecule has 0 saturated carbocycles. The number of hydrogen-bond acceptors (Lipinski definition) is 5. The molecule has 19 heavy (non-hydrogen) atoms. The molecule has 1 aliphatic heterocycles. The van der Waals surface area contributed by atoms with Crippen LogP contribution in [0.3, 0.4) is 0 Å². The first-order valence-corrected chi connectivity index (χ1v) is 7.24. The van der Waals surface area contributed by atoms with Crippen LogP contribution in [0.4, 0.5) is 0 Å². The Morgan fingerprint density at radius 2 is 1.95 bits per heavy atom. The Labute approximate surface area is 111 Å². The predicted molar refractivity (Wildman–Crippen MR) is 64.5 cm³/mol. The maximum absolute atomic E-state index is 12.3. The number of nitrogens with zero attached hydrogens (tertiary/aromatic N) is 1. The van der Waals surface area contributed by atoms with Gasteiger partial charge in [-0.05, 0) is 25.5 Å². The molecule has 2 atom stereocenters. The normalized spacial score (nSPS) is 24.5. The number of aryl methyl sites for hydroxylation is 1. The van der Waals surface area contributed by atoms with Crippen molar-refractivity contribution in [2.45, 2.75) is 30.4 Å². The Hall–Kier alpha value is -1.44. The Bertz CT molecular complexity index is 581. The van der Waals surface area contributed by atoms with Gasteiger partial charge in [0.2, 0.25) is 10.0 Å². The number of aliphatic hydroxyl groups excluding tert-OH is 1. The lowest BCUT2D eigenvalue weighted by molar-refractivity contribution is -0.309. The molecule has 0 bridgehead atoms. The van der Waals surface area contributed by atoms with Gasteiger partial charge < -0.3 is 15.0 Å². The fraction of sp³-hybridized carbons (Fsp3) is 0.417. The van der Waals surface area contributed by atoms with Gasteiger partial charge in [-0.2, -0.15) is 4.31 Å². The molecule has 104 valence electrons. The smallest absolute Gasteiger partial charge is 0.243 e. The zero-order valence-corrected chi connectivity index (χ0v) is 11.1. The minimum absolute atomic E-state index is 0.0125. The van der Waals surface area contributed by atoms with E-state index < -0.39 is 28.1 Å². The molecule has 0 unspecified atom stereocenters.